The third-order valence-corrected chi connectivity index (χ3v) is 4.62. The van der Waals surface area contributed by atoms with E-state index >= 15 is 0 Å². The lowest BCUT2D eigenvalue weighted by Gasteiger charge is -2.12. The molecule has 3 rings (SSSR count). The maximum absolute atomic E-state index is 12.6. The number of nitrogens with zero attached hydrogens (tertiary/aromatic N) is 2. The number of methoxy groups -OCH3 is 1. The van der Waals surface area contributed by atoms with Crippen LogP contribution in [0.25, 0.3) is 5.69 Å². The van der Waals surface area contributed by atoms with Crippen LogP contribution in [0.4, 0.5) is 0 Å². The Balaban J connectivity index is 1.66. The normalized spacial score (nSPS) is 10.4. The zero-order valence-electron chi connectivity index (χ0n) is 18.4. The molecule has 0 atom stereocenters. The van der Waals surface area contributed by atoms with E-state index in [4.69, 9.17) is 14.2 Å². The van der Waals surface area contributed by atoms with Crippen molar-refractivity contribution in [1.82, 2.24) is 15.1 Å². The van der Waals surface area contributed by atoms with E-state index < -0.39 is 17.4 Å². The molecule has 0 aliphatic carbocycles. The van der Waals surface area contributed by atoms with Gasteiger partial charge in [0.25, 0.3) is 11.5 Å². The van der Waals surface area contributed by atoms with Gasteiger partial charge in [0, 0.05) is 6.54 Å². The minimum Gasteiger partial charge on any atom is -0.497 e. The van der Waals surface area contributed by atoms with Gasteiger partial charge in [-0.25, -0.2) is 4.79 Å². The van der Waals surface area contributed by atoms with Gasteiger partial charge < -0.3 is 19.5 Å². The maximum Gasteiger partial charge on any atom is 0.362 e. The lowest BCUT2D eigenvalue weighted by molar-refractivity contribution is -0.123. The highest BCUT2D eigenvalue weighted by molar-refractivity contribution is 5.90. The van der Waals surface area contributed by atoms with Gasteiger partial charge in [-0.15, -0.1) is 0 Å². The largest absolute Gasteiger partial charge is 0.497 e. The fourth-order valence-electron chi connectivity index (χ4n) is 2.98. The highest BCUT2D eigenvalue weighted by Gasteiger charge is 2.20. The van der Waals surface area contributed by atoms with Gasteiger partial charge in [-0.3, -0.25) is 9.59 Å². The molecule has 0 spiro atoms. The summed E-state index contributed by atoms with van der Waals surface area (Å²) in [7, 11) is 1.60. The number of carbonyl (C=O) groups excluding carboxylic acids is 2. The molecule has 0 aliphatic rings. The summed E-state index contributed by atoms with van der Waals surface area (Å²) < 4.78 is 16.7. The smallest absolute Gasteiger partial charge is 0.362 e. The predicted molar refractivity (Wildman–Crippen MR) is 121 cm³/mol. The van der Waals surface area contributed by atoms with Crippen LogP contribution in [0.1, 0.15) is 23.0 Å². The predicted octanol–water partition coefficient (Wildman–Crippen LogP) is 2.16. The highest BCUT2D eigenvalue weighted by Crippen LogP contribution is 2.16. The molecule has 0 radical (unpaired) electrons. The van der Waals surface area contributed by atoms with Gasteiger partial charge in [-0.2, -0.15) is 9.78 Å². The standard InChI is InChI=1S/C24H25N3O6/c1-3-32-24(30)23-20(15-22(29)27(26-23)18-7-5-4-6-8-18)33-16-21(28)25-14-13-17-9-11-19(31-2)12-10-17/h4-12,15H,3,13-14,16H2,1-2H3,(H,25,28). The Morgan fingerprint density at radius 2 is 1.79 bits per heavy atom. The van der Waals surface area contributed by atoms with Crippen LogP contribution in [0.3, 0.4) is 0 Å². The van der Waals surface area contributed by atoms with Gasteiger partial charge in [-0.05, 0) is 43.2 Å². The minimum absolute atomic E-state index is 0.115. The molecule has 9 nitrogen and oxygen atoms in total. The molecule has 1 N–H and O–H groups in total. The van der Waals surface area contributed by atoms with Gasteiger partial charge in [0.15, 0.2) is 12.4 Å². The number of aromatic nitrogens is 2. The van der Waals surface area contributed by atoms with E-state index in [0.29, 0.717) is 18.7 Å². The van der Waals surface area contributed by atoms with E-state index in [1.54, 1.807) is 44.4 Å². The number of nitrogens with one attached hydrogen (secondary N) is 1. The first-order valence-corrected chi connectivity index (χ1v) is 10.4. The number of benzene rings is 2. The molecule has 0 bridgehead atoms. The summed E-state index contributed by atoms with van der Waals surface area (Å²) in [6, 6.07) is 17.3. The van der Waals surface area contributed by atoms with Crippen molar-refractivity contribution in [1.29, 1.82) is 0 Å². The zero-order valence-corrected chi connectivity index (χ0v) is 18.4. The van der Waals surface area contributed by atoms with E-state index in [2.05, 4.69) is 10.4 Å². The second-order valence-electron chi connectivity index (χ2n) is 6.90. The lowest BCUT2D eigenvalue weighted by Crippen LogP contribution is -2.32. The van der Waals surface area contributed by atoms with Crippen molar-refractivity contribution in [2.75, 3.05) is 26.9 Å². The van der Waals surface area contributed by atoms with Crippen molar-refractivity contribution in [2.24, 2.45) is 0 Å². The zero-order chi connectivity index (χ0) is 23.6. The topological polar surface area (TPSA) is 109 Å². The van der Waals surface area contributed by atoms with Crippen LogP contribution in [-0.2, 0) is 16.0 Å². The van der Waals surface area contributed by atoms with Crippen LogP contribution in [0.5, 0.6) is 11.5 Å². The Hall–Kier alpha value is -4.14. The fraction of sp³-hybridized carbons (Fsp3) is 0.250. The second kappa shape index (κ2) is 11.5. The molecule has 0 saturated carbocycles. The number of para-hydroxylation sites is 1. The lowest BCUT2D eigenvalue weighted by atomic mass is 10.1. The molecular weight excluding hydrogens is 426 g/mol. The summed E-state index contributed by atoms with van der Waals surface area (Å²) in [5.41, 5.74) is 0.821. The molecule has 0 aliphatic heterocycles. The Morgan fingerprint density at radius 3 is 2.45 bits per heavy atom. The molecule has 1 heterocycles. The second-order valence-corrected chi connectivity index (χ2v) is 6.90. The number of hydrogen-bond donors (Lipinski definition) is 1. The quantitative estimate of drug-likeness (QED) is 0.471. The molecule has 3 aromatic rings. The number of ether oxygens (including phenoxy) is 3. The van der Waals surface area contributed by atoms with Crippen LogP contribution in [0, 0.1) is 0 Å². The third kappa shape index (κ3) is 6.42. The molecule has 9 heteroatoms. The maximum atomic E-state index is 12.6. The molecule has 0 saturated heterocycles. The van der Waals surface area contributed by atoms with Gasteiger partial charge >= 0.3 is 5.97 Å². The van der Waals surface area contributed by atoms with Crippen molar-refractivity contribution in [3.05, 3.63) is 82.3 Å². The van der Waals surface area contributed by atoms with Gasteiger partial charge in [0.05, 0.1) is 25.5 Å². The molecule has 2 aromatic carbocycles. The first-order chi connectivity index (χ1) is 16.0. The Kier molecular flexibility index (Phi) is 8.18. The van der Waals surface area contributed by atoms with Crippen molar-refractivity contribution >= 4 is 11.9 Å². The Labute approximate surface area is 190 Å². The van der Waals surface area contributed by atoms with Crippen molar-refractivity contribution < 1.29 is 23.8 Å². The Bertz CT molecular complexity index is 1140. The average molecular weight is 451 g/mol. The summed E-state index contributed by atoms with van der Waals surface area (Å²) in [5.74, 6) is -0.505. The molecule has 1 aromatic heterocycles. The van der Waals surface area contributed by atoms with Gasteiger partial charge in [0.1, 0.15) is 5.75 Å². The van der Waals surface area contributed by atoms with Crippen molar-refractivity contribution in [3.63, 3.8) is 0 Å². The SMILES string of the molecule is CCOC(=O)c1nn(-c2ccccc2)c(=O)cc1OCC(=O)NCCc1ccc(OC)cc1. The van der Waals surface area contributed by atoms with Crippen LogP contribution >= 0.6 is 0 Å². The summed E-state index contributed by atoms with van der Waals surface area (Å²) in [5, 5.41) is 6.86. The number of hydrogen-bond acceptors (Lipinski definition) is 7. The molecule has 0 fully saturated rings. The monoisotopic (exact) mass is 451 g/mol. The summed E-state index contributed by atoms with van der Waals surface area (Å²) >= 11 is 0. The van der Waals surface area contributed by atoms with Crippen LogP contribution in [0.2, 0.25) is 0 Å². The first-order valence-electron chi connectivity index (χ1n) is 10.4. The average Bonchev–Trinajstić information content (AvgIpc) is 2.84. The number of rotatable bonds is 10. The van der Waals surface area contributed by atoms with Crippen LogP contribution in [0.15, 0.2) is 65.5 Å². The third-order valence-electron chi connectivity index (χ3n) is 4.62. The molecule has 172 valence electrons. The van der Waals surface area contributed by atoms with Crippen LogP contribution in [-0.4, -0.2) is 48.5 Å². The van der Waals surface area contributed by atoms with Crippen molar-refractivity contribution in [2.45, 2.75) is 13.3 Å². The first kappa shape index (κ1) is 23.5. The van der Waals surface area contributed by atoms with E-state index in [1.165, 1.54) is 0 Å². The van der Waals surface area contributed by atoms with E-state index in [0.717, 1.165) is 22.1 Å². The summed E-state index contributed by atoms with van der Waals surface area (Å²) in [4.78, 5) is 37.2. The van der Waals surface area contributed by atoms with Gasteiger partial charge in [-0.1, -0.05) is 30.3 Å². The number of esters is 1. The fourth-order valence-corrected chi connectivity index (χ4v) is 2.98. The molecule has 33 heavy (non-hydrogen) atoms. The number of amides is 1. The molecular formula is C24H25N3O6. The van der Waals surface area contributed by atoms with Crippen molar-refractivity contribution in [3.8, 4) is 17.2 Å². The number of carbonyl (C=O) groups is 2. The minimum atomic E-state index is -0.753. The van der Waals surface area contributed by atoms with E-state index in [9.17, 15) is 14.4 Å². The summed E-state index contributed by atoms with van der Waals surface area (Å²) in [6.45, 7) is 1.79. The Morgan fingerprint density at radius 1 is 1.06 bits per heavy atom. The summed E-state index contributed by atoms with van der Waals surface area (Å²) in [6.07, 6.45) is 0.623. The van der Waals surface area contributed by atoms with Gasteiger partial charge in [0.2, 0.25) is 5.69 Å². The van der Waals surface area contributed by atoms with E-state index in [-0.39, 0.29) is 24.7 Å². The van der Waals surface area contributed by atoms with E-state index in [1.807, 2.05) is 24.3 Å². The highest BCUT2D eigenvalue weighted by atomic mass is 16.5. The molecule has 1 amide bonds. The van der Waals surface area contributed by atoms with Crippen LogP contribution < -0.4 is 20.3 Å². The molecule has 0 unspecified atom stereocenters.